The Morgan fingerprint density at radius 2 is 1.70 bits per heavy atom. The Hall–Kier alpha value is -2.26. The largest absolute Gasteiger partial charge is 0.326 e. The summed E-state index contributed by atoms with van der Waals surface area (Å²) >= 11 is 1.88. The number of ketones is 1. The molecule has 1 aromatic heterocycles. The standard InChI is InChI=1S/C20H17NOS/c1-14(22)17-12-18(15-8-4-2-5-9-15)21-19(17)13-23-20(21)16-10-6-3-7-11-16/h2-12,20H,13H2,1H3/t20-/m1/s1. The van der Waals surface area contributed by atoms with E-state index in [4.69, 9.17) is 0 Å². The first-order valence-electron chi connectivity index (χ1n) is 7.72. The second-order valence-electron chi connectivity index (χ2n) is 5.76. The zero-order valence-electron chi connectivity index (χ0n) is 12.9. The topological polar surface area (TPSA) is 22.0 Å². The van der Waals surface area contributed by atoms with Crippen molar-refractivity contribution < 1.29 is 4.79 Å². The van der Waals surface area contributed by atoms with Gasteiger partial charge in [0.25, 0.3) is 0 Å². The summed E-state index contributed by atoms with van der Waals surface area (Å²) in [7, 11) is 0. The molecule has 0 radical (unpaired) electrons. The molecule has 3 heteroatoms. The van der Waals surface area contributed by atoms with Gasteiger partial charge < -0.3 is 4.57 Å². The van der Waals surface area contributed by atoms with E-state index in [9.17, 15) is 4.79 Å². The summed E-state index contributed by atoms with van der Waals surface area (Å²) in [6, 6.07) is 22.9. The third-order valence-electron chi connectivity index (χ3n) is 4.29. The molecule has 23 heavy (non-hydrogen) atoms. The molecule has 0 unspecified atom stereocenters. The number of aromatic nitrogens is 1. The van der Waals surface area contributed by atoms with Crippen molar-refractivity contribution in [2.45, 2.75) is 18.1 Å². The van der Waals surface area contributed by atoms with Crippen LogP contribution in [0.25, 0.3) is 11.3 Å². The first-order chi connectivity index (χ1) is 11.3. The van der Waals surface area contributed by atoms with Gasteiger partial charge in [0, 0.05) is 17.0 Å². The third-order valence-corrected chi connectivity index (χ3v) is 5.53. The lowest BCUT2D eigenvalue weighted by atomic mass is 10.1. The van der Waals surface area contributed by atoms with Crippen LogP contribution in [0.15, 0.2) is 66.7 Å². The molecule has 1 aliphatic rings. The molecule has 2 nitrogen and oxygen atoms in total. The summed E-state index contributed by atoms with van der Waals surface area (Å²) in [4.78, 5) is 12.1. The maximum Gasteiger partial charge on any atom is 0.161 e. The molecular weight excluding hydrogens is 302 g/mol. The lowest BCUT2D eigenvalue weighted by Gasteiger charge is -2.17. The molecule has 1 aliphatic heterocycles. The van der Waals surface area contributed by atoms with Crippen molar-refractivity contribution in [3.8, 4) is 11.3 Å². The molecule has 0 saturated carbocycles. The van der Waals surface area contributed by atoms with Gasteiger partial charge in [-0.15, -0.1) is 11.8 Å². The third kappa shape index (κ3) is 2.41. The molecule has 0 spiro atoms. The Bertz CT molecular complexity index is 852. The van der Waals surface area contributed by atoms with Crippen molar-refractivity contribution >= 4 is 17.5 Å². The van der Waals surface area contributed by atoms with Gasteiger partial charge in [-0.25, -0.2) is 0 Å². The van der Waals surface area contributed by atoms with Crippen LogP contribution in [0.5, 0.6) is 0 Å². The van der Waals surface area contributed by atoms with Crippen molar-refractivity contribution in [1.29, 1.82) is 0 Å². The van der Waals surface area contributed by atoms with Crippen molar-refractivity contribution in [3.05, 3.63) is 83.6 Å². The zero-order chi connectivity index (χ0) is 15.8. The van der Waals surface area contributed by atoms with E-state index >= 15 is 0 Å². The van der Waals surface area contributed by atoms with E-state index in [1.807, 2.05) is 36.0 Å². The number of nitrogens with zero attached hydrogens (tertiary/aromatic N) is 1. The summed E-state index contributed by atoms with van der Waals surface area (Å²) in [5, 5.41) is 0.231. The fourth-order valence-corrected chi connectivity index (χ4v) is 4.56. The maximum absolute atomic E-state index is 12.1. The Morgan fingerprint density at radius 1 is 1.04 bits per heavy atom. The van der Waals surface area contributed by atoms with Crippen LogP contribution in [0.3, 0.4) is 0 Å². The van der Waals surface area contributed by atoms with E-state index in [-0.39, 0.29) is 11.2 Å². The number of hydrogen-bond acceptors (Lipinski definition) is 2. The van der Waals surface area contributed by atoms with Crippen molar-refractivity contribution in [1.82, 2.24) is 4.57 Å². The molecule has 0 fully saturated rings. The van der Waals surface area contributed by atoms with Gasteiger partial charge >= 0.3 is 0 Å². The van der Waals surface area contributed by atoms with Crippen LogP contribution < -0.4 is 0 Å². The van der Waals surface area contributed by atoms with E-state index in [1.54, 1.807) is 6.92 Å². The van der Waals surface area contributed by atoms with Crippen molar-refractivity contribution in [2.75, 3.05) is 0 Å². The van der Waals surface area contributed by atoms with Crippen LogP contribution in [0.1, 0.15) is 33.9 Å². The highest BCUT2D eigenvalue weighted by Gasteiger charge is 2.30. The number of thioether (sulfide) groups is 1. The predicted octanol–water partition coefficient (Wildman–Crippen LogP) is 5.15. The number of rotatable bonds is 3. The minimum Gasteiger partial charge on any atom is -0.326 e. The molecular formula is C20H17NOS. The SMILES string of the molecule is CC(=O)c1cc(-c2ccccc2)n2c1CS[C@@H]2c1ccccc1. The molecule has 0 amide bonds. The first kappa shape index (κ1) is 14.3. The number of fused-ring (bicyclic) bond motifs is 1. The average Bonchev–Trinajstić information content (AvgIpc) is 3.16. The summed E-state index contributed by atoms with van der Waals surface area (Å²) in [6.07, 6.45) is 0. The summed E-state index contributed by atoms with van der Waals surface area (Å²) < 4.78 is 2.34. The lowest BCUT2D eigenvalue weighted by molar-refractivity contribution is 0.101. The fourth-order valence-electron chi connectivity index (χ4n) is 3.21. The van der Waals surface area contributed by atoms with Gasteiger partial charge in [0.15, 0.2) is 5.78 Å². The lowest BCUT2D eigenvalue weighted by Crippen LogP contribution is -2.05. The van der Waals surface area contributed by atoms with Crippen molar-refractivity contribution in [2.24, 2.45) is 0 Å². The van der Waals surface area contributed by atoms with Crippen LogP contribution >= 0.6 is 11.8 Å². The van der Waals surface area contributed by atoms with E-state index < -0.39 is 0 Å². The zero-order valence-corrected chi connectivity index (χ0v) is 13.7. The van der Waals surface area contributed by atoms with Gasteiger partial charge in [-0.2, -0.15) is 0 Å². The molecule has 114 valence electrons. The number of Topliss-reactive ketones (excluding diaryl/α,β-unsaturated/α-hetero) is 1. The number of benzene rings is 2. The van der Waals surface area contributed by atoms with Gasteiger partial charge in [0.2, 0.25) is 0 Å². The van der Waals surface area contributed by atoms with E-state index in [2.05, 4.69) is 47.0 Å². The van der Waals surface area contributed by atoms with Crippen LogP contribution in [0.2, 0.25) is 0 Å². The van der Waals surface area contributed by atoms with Crippen LogP contribution in [-0.2, 0) is 5.75 Å². The van der Waals surface area contributed by atoms with Gasteiger partial charge in [-0.05, 0) is 24.1 Å². The smallest absolute Gasteiger partial charge is 0.161 e. The Morgan fingerprint density at radius 3 is 2.35 bits per heavy atom. The monoisotopic (exact) mass is 319 g/mol. The Labute approximate surface area is 140 Å². The molecule has 0 N–H and O–H groups in total. The number of carbonyl (C=O) groups is 1. The first-order valence-corrected chi connectivity index (χ1v) is 8.77. The molecule has 2 aromatic carbocycles. The minimum atomic E-state index is 0.144. The van der Waals surface area contributed by atoms with Crippen LogP contribution in [-0.4, -0.2) is 10.4 Å². The molecule has 0 bridgehead atoms. The van der Waals surface area contributed by atoms with E-state index in [0.717, 1.165) is 28.3 Å². The van der Waals surface area contributed by atoms with Gasteiger partial charge in [0.1, 0.15) is 5.37 Å². The van der Waals surface area contributed by atoms with E-state index in [0.29, 0.717) is 0 Å². The molecule has 2 heterocycles. The minimum absolute atomic E-state index is 0.144. The van der Waals surface area contributed by atoms with Gasteiger partial charge in [-0.1, -0.05) is 60.7 Å². The Balaban J connectivity index is 1.92. The molecule has 3 aromatic rings. The van der Waals surface area contributed by atoms with Crippen LogP contribution in [0, 0.1) is 0 Å². The second-order valence-corrected chi connectivity index (χ2v) is 6.82. The van der Waals surface area contributed by atoms with Gasteiger partial charge in [-0.3, -0.25) is 4.79 Å². The highest BCUT2D eigenvalue weighted by Crippen LogP contribution is 2.46. The predicted molar refractivity (Wildman–Crippen MR) is 95.7 cm³/mol. The summed E-state index contributed by atoms with van der Waals surface area (Å²) in [5.41, 5.74) is 5.57. The Kier molecular flexibility index (Phi) is 3.58. The second kappa shape index (κ2) is 5.74. The maximum atomic E-state index is 12.1. The highest BCUT2D eigenvalue weighted by molar-refractivity contribution is 7.99. The van der Waals surface area contributed by atoms with Crippen molar-refractivity contribution in [3.63, 3.8) is 0 Å². The average molecular weight is 319 g/mol. The number of hydrogen-bond donors (Lipinski definition) is 0. The van der Waals surface area contributed by atoms with Crippen LogP contribution in [0.4, 0.5) is 0 Å². The van der Waals surface area contributed by atoms with E-state index in [1.165, 1.54) is 5.56 Å². The quantitative estimate of drug-likeness (QED) is 0.623. The number of carbonyl (C=O) groups excluding carboxylic acids is 1. The van der Waals surface area contributed by atoms with Gasteiger partial charge in [0.05, 0.1) is 5.69 Å². The summed E-state index contributed by atoms with van der Waals surface area (Å²) in [6.45, 7) is 1.66. The molecule has 1 atom stereocenters. The fraction of sp³-hybridized carbons (Fsp3) is 0.150. The molecule has 4 rings (SSSR count). The summed E-state index contributed by atoms with van der Waals surface area (Å²) in [5.74, 6) is 1.02. The normalized spacial score (nSPS) is 16.3. The molecule has 0 aliphatic carbocycles. The highest BCUT2D eigenvalue weighted by atomic mass is 32.2. The molecule has 0 saturated heterocycles.